The predicted octanol–water partition coefficient (Wildman–Crippen LogP) is 0.511. The largest absolute Gasteiger partial charge is 0.477 e. The van der Waals surface area contributed by atoms with Gasteiger partial charge in [0.1, 0.15) is 12.2 Å². The van der Waals surface area contributed by atoms with Gasteiger partial charge in [-0.25, -0.2) is 4.79 Å². The summed E-state index contributed by atoms with van der Waals surface area (Å²) in [5.41, 5.74) is 9.83. The van der Waals surface area contributed by atoms with Crippen molar-refractivity contribution in [3.05, 3.63) is 77.7 Å². The van der Waals surface area contributed by atoms with Crippen LogP contribution in [0.4, 0.5) is 5.69 Å². The van der Waals surface area contributed by atoms with Crippen LogP contribution in [0.5, 0.6) is 0 Å². The number of anilines is 1. The van der Waals surface area contributed by atoms with Gasteiger partial charge >= 0.3 is 5.97 Å². The number of hydrogen-bond donors (Lipinski definition) is 8. The molecule has 0 spiro atoms. The highest BCUT2D eigenvalue weighted by Crippen LogP contribution is 2.34. The number of aromatic nitrogens is 4. The molecule has 1 aliphatic heterocycles. The Balaban J connectivity index is 1.15. The highest BCUT2D eigenvalue weighted by Gasteiger charge is 2.55. The number of benzene rings is 2. The summed E-state index contributed by atoms with van der Waals surface area (Å²) in [5, 5.41) is 57.4. The summed E-state index contributed by atoms with van der Waals surface area (Å²) in [6.07, 6.45) is -1.09. The molecular formula is C34H43N7O9. The van der Waals surface area contributed by atoms with E-state index in [1.54, 1.807) is 35.0 Å². The number of aliphatic hydroxyl groups is 3. The molecule has 1 unspecified atom stereocenters. The predicted molar refractivity (Wildman–Crippen MR) is 180 cm³/mol. The smallest absolute Gasteiger partial charge is 0.364 e. The summed E-state index contributed by atoms with van der Waals surface area (Å²) in [7, 11) is 0. The third kappa shape index (κ3) is 8.83. The maximum absolute atomic E-state index is 12.5. The number of H-pyrrole nitrogens is 1. The molecule has 4 aromatic rings. The zero-order valence-electron chi connectivity index (χ0n) is 27.6. The second-order valence-electron chi connectivity index (χ2n) is 12.4. The fourth-order valence-electron chi connectivity index (χ4n) is 6.07. The second-order valence-corrected chi connectivity index (χ2v) is 12.4. The van der Waals surface area contributed by atoms with Crippen LogP contribution in [0.25, 0.3) is 10.9 Å². The molecule has 1 saturated heterocycles. The molecule has 9 N–H and O–H groups in total. The number of carboxylic acid groups (broad SMARTS) is 1. The first-order valence-electron chi connectivity index (χ1n) is 16.4. The van der Waals surface area contributed by atoms with Crippen molar-refractivity contribution in [3.63, 3.8) is 0 Å². The minimum Gasteiger partial charge on any atom is -0.477 e. The molecule has 0 saturated carbocycles. The average molecular weight is 694 g/mol. The number of aromatic amines is 1. The lowest BCUT2D eigenvalue weighted by Crippen LogP contribution is -2.68. The first-order valence-corrected chi connectivity index (χ1v) is 16.4. The lowest BCUT2D eigenvalue weighted by molar-refractivity contribution is -0.310. The monoisotopic (exact) mass is 693 g/mol. The SMILES string of the molecule is CC(=O)N[C@H]1C([C@H](O)[C@H](O)CNC(=O)c2ccccc2)O[C@@](OCCCc2cn(CCCc3c[nH]c4ccc(N)cc34)nn2)(C(=O)O)C[C@@H]1O. The summed E-state index contributed by atoms with van der Waals surface area (Å²) in [5.74, 6) is -5.07. The molecule has 50 heavy (non-hydrogen) atoms. The number of nitrogens with two attached hydrogens (primary N) is 1. The Morgan fingerprint density at radius 1 is 1.16 bits per heavy atom. The van der Waals surface area contributed by atoms with E-state index in [4.69, 9.17) is 15.2 Å². The van der Waals surface area contributed by atoms with E-state index in [-0.39, 0.29) is 6.61 Å². The average Bonchev–Trinajstić information content (AvgIpc) is 3.72. The van der Waals surface area contributed by atoms with E-state index in [0.717, 1.165) is 29.3 Å². The lowest BCUT2D eigenvalue weighted by atomic mass is 9.88. The number of aryl methyl sites for hydroxylation is 3. The van der Waals surface area contributed by atoms with Crippen LogP contribution in [-0.2, 0) is 38.4 Å². The summed E-state index contributed by atoms with van der Waals surface area (Å²) in [6.45, 7) is 1.25. The van der Waals surface area contributed by atoms with Crippen LogP contribution in [0.15, 0.2) is 60.9 Å². The molecule has 1 aliphatic rings. The minimum absolute atomic E-state index is 0.126. The number of carbonyl (C=O) groups is 3. The number of aliphatic carboxylic acids is 1. The molecule has 2 amide bonds. The molecule has 2 aromatic carbocycles. The Morgan fingerprint density at radius 2 is 1.94 bits per heavy atom. The molecule has 1 fully saturated rings. The van der Waals surface area contributed by atoms with E-state index in [9.17, 15) is 34.8 Å². The molecule has 6 atom stereocenters. The zero-order valence-corrected chi connectivity index (χ0v) is 27.6. The molecule has 5 rings (SSSR count). The Kier molecular flexibility index (Phi) is 11.8. The summed E-state index contributed by atoms with van der Waals surface area (Å²) in [4.78, 5) is 40.2. The first-order chi connectivity index (χ1) is 24.0. The Bertz CT molecular complexity index is 1760. The van der Waals surface area contributed by atoms with Crippen molar-refractivity contribution < 1.29 is 44.3 Å². The number of fused-ring (bicyclic) bond motifs is 1. The highest BCUT2D eigenvalue weighted by atomic mass is 16.7. The van der Waals surface area contributed by atoms with E-state index in [1.807, 2.05) is 30.6 Å². The molecule has 16 heteroatoms. The maximum atomic E-state index is 12.5. The first kappa shape index (κ1) is 36.4. The van der Waals surface area contributed by atoms with E-state index in [0.29, 0.717) is 36.3 Å². The van der Waals surface area contributed by atoms with E-state index in [2.05, 4.69) is 25.9 Å². The number of aliphatic hydroxyl groups excluding tert-OH is 3. The van der Waals surface area contributed by atoms with Gasteiger partial charge in [-0.2, -0.15) is 0 Å². The molecule has 3 heterocycles. The third-order valence-electron chi connectivity index (χ3n) is 8.63. The topological polar surface area (TPSA) is 247 Å². The zero-order chi connectivity index (χ0) is 35.8. The number of nitrogens with one attached hydrogen (secondary N) is 3. The van der Waals surface area contributed by atoms with Crippen LogP contribution in [-0.4, -0.2) is 108 Å². The van der Waals surface area contributed by atoms with Gasteiger partial charge in [0.2, 0.25) is 5.91 Å². The number of nitrogens with zero attached hydrogens (tertiary/aromatic N) is 3. The van der Waals surface area contributed by atoms with Gasteiger partial charge in [0.05, 0.1) is 30.6 Å². The van der Waals surface area contributed by atoms with Crippen molar-refractivity contribution in [1.29, 1.82) is 0 Å². The van der Waals surface area contributed by atoms with Gasteiger partial charge in [0, 0.05) is 61.0 Å². The molecule has 2 aromatic heterocycles. The van der Waals surface area contributed by atoms with Crippen LogP contribution >= 0.6 is 0 Å². The summed E-state index contributed by atoms with van der Waals surface area (Å²) in [6, 6.07) is 12.7. The van der Waals surface area contributed by atoms with Crippen LogP contribution in [0.3, 0.4) is 0 Å². The number of carboxylic acids is 1. The van der Waals surface area contributed by atoms with E-state index in [1.165, 1.54) is 6.92 Å². The standard InChI is InChI=1S/C34H43N7O9/c1-20(42)38-29-27(43)16-34(33(47)48,50-31(29)30(45)28(44)18-37-32(46)21-7-3-2-4-8-21)49-14-6-10-24-19-41(40-39-24)13-5-9-22-17-36-26-12-11-23(35)15-25(22)26/h2-4,7-8,11-12,15,17,19,27-31,36,43-45H,5-6,9-10,13-14,16,18,35H2,1H3,(H,37,46)(H,38,42)(H,47,48)/t27-,28+,29+,30+,31?,34+/m0/s1. The molecule has 268 valence electrons. The van der Waals surface area contributed by atoms with Crippen LogP contribution in [0, 0.1) is 0 Å². The number of nitrogen functional groups attached to an aromatic ring is 1. The van der Waals surface area contributed by atoms with Crippen molar-refractivity contribution in [2.24, 2.45) is 0 Å². The number of amides is 2. The van der Waals surface area contributed by atoms with E-state index < -0.39 is 67.0 Å². The maximum Gasteiger partial charge on any atom is 0.364 e. The Labute approximate surface area is 287 Å². The van der Waals surface area contributed by atoms with Crippen molar-refractivity contribution in [2.45, 2.75) is 81.8 Å². The van der Waals surface area contributed by atoms with Crippen LogP contribution in [0.1, 0.15) is 47.8 Å². The molecule has 0 aliphatic carbocycles. The summed E-state index contributed by atoms with van der Waals surface area (Å²) < 4.78 is 13.3. The molecule has 0 bridgehead atoms. The van der Waals surface area contributed by atoms with Crippen molar-refractivity contribution in [2.75, 3.05) is 18.9 Å². The molecule has 0 radical (unpaired) electrons. The number of ether oxygens (including phenoxy) is 2. The van der Waals surface area contributed by atoms with E-state index >= 15 is 0 Å². The Hall–Kier alpha value is -4.87. The van der Waals surface area contributed by atoms with Gasteiger partial charge in [-0.15, -0.1) is 5.10 Å². The van der Waals surface area contributed by atoms with Gasteiger partial charge in [0.25, 0.3) is 11.7 Å². The van der Waals surface area contributed by atoms with Crippen LogP contribution in [0.2, 0.25) is 0 Å². The fourth-order valence-corrected chi connectivity index (χ4v) is 6.07. The quantitative estimate of drug-likeness (QED) is 0.0591. The number of hydrogen-bond acceptors (Lipinski definition) is 11. The molecule has 16 nitrogen and oxygen atoms in total. The summed E-state index contributed by atoms with van der Waals surface area (Å²) >= 11 is 0. The number of carbonyl (C=O) groups excluding carboxylic acids is 2. The van der Waals surface area contributed by atoms with Crippen molar-refractivity contribution in [1.82, 2.24) is 30.6 Å². The minimum atomic E-state index is -2.41. The third-order valence-corrected chi connectivity index (χ3v) is 8.63. The van der Waals surface area contributed by atoms with Gasteiger partial charge in [0.15, 0.2) is 0 Å². The van der Waals surface area contributed by atoms with Gasteiger partial charge in [-0.05, 0) is 61.6 Å². The van der Waals surface area contributed by atoms with Crippen LogP contribution < -0.4 is 16.4 Å². The lowest BCUT2D eigenvalue weighted by Gasteiger charge is -2.46. The van der Waals surface area contributed by atoms with Crippen molar-refractivity contribution >= 4 is 34.4 Å². The van der Waals surface area contributed by atoms with Crippen molar-refractivity contribution in [3.8, 4) is 0 Å². The second kappa shape index (κ2) is 16.2. The van der Waals surface area contributed by atoms with Gasteiger partial charge in [-0.3, -0.25) is 14.3 Å². The normalized spacial score (nSPS) is 21.8. The number of rotatable bonds is 16. The Morgan fingerprint density at radius 3 is 2.68 bits per heavy atom. The fraction of sp³-hybridized carbons (Fsp3) is 0.441. The van der Waals surface area contributed by atoms with Gasteiger partial charge < -0.3 is 51.3 Å². The molecular weight excluding hydrogens is 650 g/mol. The highest BCUT2D eigenvalue weighted by molar-refractivity contribution is 5.94. The van der Waals surface area contributed by atoms with Gasteiger partial charge in [-0.1, -0.05) is 23.4 Å².